The minimum atomic E-state index is -2.79. The fourth-order valence-electron chi connectivity index (χ4n) is 3.10. The molecule has 0 spiro atoms. The number of nitrogens with two attached hydrogens (primary N) is 1. The van der Waals surface area contributed by atoms with Crippen LogP contribution in [0.1, 0.15) is 26.2 Å². The Morgan fingerprint density at radius 1 is 1.35 bits per heavy atom. The molecule has 0 amide bonds. The van der Waals surface area contributed by atoms with E-state index in [1.54, 1.807) is 0 Å². The Morgan fingerprint density at radius 3 is 2.76 bits per heavy atom. The lowest BCUT2D eigenvalue weighted by Crippen LogP contribution is -2.51. The number of hydrogen-bond acceptors (Lipinski definition) is 4. The fraction of sp³-hybridized carbons (Fsp3) is 1.00. The topological polar surface area (TPSA) is 63.4 Å². The van der Waals surface area contributed by atoms with Crippen LogP contribution in [0, 0.1) is 11.8 Å². The summed E-state index contributed by atoms with van der Waals surface area (Å²) in [6.07, 6.45) is 3.01. The van der Waals surface area contributed by atoms with Gasteiger partial charge in [-0.3, -0.25) is 4.90 Å². The molecular formula is C12H24N2O2S. The third-order valence-electron chi connectivity index (χ3n) is 4.40. The summed E-state index contributed by atoms with van der Waals surface area (Å²) in [4.78, 5) is 2.37. The molecule has 0 aliphatic carbocycles. The largest absolute Gasteiger partial charge is 0.330 e. The van der Waals surface area contributed by atoms with Crippen LogP contribution in [0.25, 0.3) is 0 Å². The summed E-state index contributed by atoms with van der Waals surface area (Å²) in [5, 5.41) is 0. The second kappa shape index (κ2) is 5.24. The highest BCUT2D eigenvalue weighted by Gasteiger charge is 2.33. The highest BCUT2D eigenvalue weighted by molar-refractivity contribution is 7.91. The number of rotatable bonds is 2. The van der Waals surface area contributed by atoms with E-state index in [4.69, 9.17) is 5.73 Å². The maximum absolute atomic E-state index is 11.7. The van der Waals surface area contributed by atoms with Crippen molar-refractivity contribution in [3.63, 3.8) is 0 Å². The predicted molar refractivity (Wildman–Crippen MR) is 69.6 cm³/mol. The van der Waals surface area contributed by atoms with Gasteiger partial charge in [-0.25, -0.2) is 8.42 Å². The van der Waals surface area contributed by atoms with Crippen molar-refractivity contribution in [3.8, 4) is 0 Å². The molecule has 0 aromatic heterocycles. The van der Waals surface area contributed by atoms with Crippen LogP contribution in [0.2, 0.25) is 0 Å². The SMILES string of the molecule is CC1CCN(C2CCCS(=O)(=O)C2)CC1CN. The van der Waals surface area contributed by atoms with Crippen molar-refractivity contribution in [1.82, 2.24) is 4.90 Å². The molecule has 0 aromatic carbocycles. The molecule has 4 nitrogen and oxygen atoms in total. The summed E-state index contributed by atoms with van der Waals surface area (Å²) in [5.41, 5.74) is 5.79. The number of nitrogens with zero attached hydrogens (tertiary/aromatic N) is 1. The van der Waals surface area contributed by atoms with Crippen LogP contribution in [-0.2, 0) is 9.84 Å². The summed E-state index contributed by atoms with van der Waals surface area (Å²) in [7, 11) is -2.79. The van der Waals surface area contributed by atoms with Gasteiger partial charge in [-0.05, 0) is 44.2 Å². The maximum Gasteiger partial charge on any atom is 0.151 e. The molecule has 2 aliphatic rings. The Kier molecular flexibility index (Phi) is 4.10. The summed E-state index contributed by atoms with van der Waals surface area (Å²) < 4.78 is 23.3. The van der Waals surface area contributed by atoms with Gasteiger partial charge in [0.2, 0.25) is 0 Å². The molecule has 3 atom stereocenters. The Balaban J connectivity index is 1.98. The van der Waals surface area contributed by atoms with Crippen molar-refractivity contribution < 1.29 is 8.42 Å². The van der Waals surface area contributed by atoms with Gasteiger partial charge >= 0.3 is 0 Å². The van der Waals surface area contributed by atoms with Crippen LogP contribution in [0.4, 0.5) is 0 Å². The zero-order chi connectivity index (χ0) is 12.5. The lowest BCUT2D eigenvalue weighted by atomic mass is 9.86. The highest BCUT2D eigenvalue weighted by atomic mass is 32.2. The van der Waals surface area contributed by atoms with Crippen LogP contribution in [0.3, 0.4) is 0 Å². The van der Waals surface area contributed by atoms with Crippen LogP contribution >= 0.6 is 0 Å². The van der Waals surface area contributed by atoms with E-state index in [0.717, 1.165) is 38.9 Å². The summed E-state index contributed by atoms with van der Waals surface area (Å²) in [6, 6.07) is 0.246. The molecule has 2 heterocycles. The molecule has 0 aromatic rings. The molecule has 0 bridgehead atoms. The smallest absolute Gasteiger partial charge is 0.151 e. The van der Waals surface area contributed by atoms with Gasteiger partial charge in [-0.1, -0.05) is 6.92 Å². The van der Waals surface area contributed by atoms with Gasteiger partial charge in [0.05, 0.1) is 11.5 Å². The van der Waals surface area contributed by atoms with Crippen LogP contribution in [-0.4, -0.2) is 50.5 Å². The van der Waals surface area contributed by atoms with Crippen molar-refractivity contribution in [3.05, 3.63) is 0 Å². The number of hydrogen-bond donors (Lipinski definition) is 1. The Labute approximate surface area is 104 Å². The molecule has 100 valence electrons. The van der Waals surface area contributed by atoms with E-state index in [0.29, 0.717) is 23.3 Å². The Morgan fingerprint density at radius 2 is 2.12 bits per heavy atom. The first-order valence-corrected chi connectivity index (χ1v) is 8.48. The van der Waals surface area contributed by atoms with Crippen molar-refractivity contribution in [2.24, 2.45) is 17.6 Å². The van der Waals surface area contributed by atoms with E-state index in [2.05, 4.69) is 11.8 Å². The number of likely N-dealkylation sites (tertiary alicyclic amines) is 1. The summed E-state index contributed by atoms with van der Waals surface area (Å²) in [6.45, 7) is 5.00. The molecular weight excluding hydrogens is 236 g/mol. The van der Waals surface area contributed by atoms with Gasteiger partial charge < -0.3 is 5.73 Å². The lowest BCUT2D eigenvalue weighted by molar-refractivity contribution is 0.0934. The zero-order valence-corrected chi connectivity index (χ0v) is 11.5. The van der Waals surface area contributed by atoms with Crippen molar-refractivity contribution in [1.29, 1.82) is 0 Å². The average Bonchev–Trinajstić information content (AvgIpc) is 2.28. The first-order valence-electron chi connectivity index (χ1n) is 6.66. The van der Waals surface area contributed by atoms with Crippen molar-refractivity contribution >= 4 is 9.84 Å². The van der Waals surface area contributed by atoms with Gasteiger partial charge in [0.25, 0.3) is 0 Å². The normalized spacial score (nSPS) is 39.1. The zero-order valence-electron chi connectivity index (χ0n) is 10.6. The van der Waals surface area contributed by atoms with E-state index < -0.39 is 9.84 Å². The number of piperidine rings is 1. The van der Waals surface area contributed by atoms with Gasteiger partial charge in [-0.15, -0.1) is 0 Å². The third-order valence-corrected chi connectivity index (χ3v) is 6.21. The molecule has 0 saturated carbocycles. The van der Waals surface area contributed by atoms with E-state index in [1.165, 1.54) is 0 Å². The van der Waals surface area contributed by atoms with Gasteiger partial charge in [0, 0.05) is 12.6 Å². The number of sulfone groups is 1. The van der Waals surface area contributed by atoms with Crippen molar-refractivity contribution in [2.45, 2.75) is 32.2 Å². The lowest BCUT2D eigenvalue weighted by Gasteiger charge is -2.42. The first-order chi connectivity index (χ1) is 8.02. The molecule has 2 saturated heterocycles. The molecule has 5 heteroatoms. The Hall–Kier alpha value is -0.130. The summed E-state index contributed by atoms with van der Waals surface area (Å²) >= 11 is 0. The van der Waals surface area contributed by atoms with Crippen LogP contribution in [0.15, 0.2) is 0 Å². The second-order valence-corrected chi connectivity index (χ2v) is 7.90. The predicted octanol–water partition coefficient (Wildman–Crippen LogP) is 0.480. The molecule has 2 aliphatic heterocycles. The monoisotopic (exact) mass is 260 g/mol. The second-order valence-electron chi connectivity index (χ2n) is 5.67. The van der Waals surface area contributed by atoms with Gasteiger partial charge in [0.15, 0.2) is 9.84 Å². The maximum atomic E-state index is 11.7. The molecule has 0 radical (unpaired) electrons. The molecule has 17 heavy (non-hydrogen) atoms. The molecule has 2 fully saturated rings. The van der Waals surface area contributed by atoms with Crippen LogP contribution in [0.5, 0.6) is 0 Å². The van der Waals surface area contributed by atoms with Gasteiger partial charge in [-0.2, -0.15) is 0 Å². The quantitative estimate of drug-likeness (QED) is 0.784. The van der Waals surface area contributed by atoms with E-state index in [9.17, 15) is 8.42 Å². The average molecular weight is 260 g/mol. The minimum Gasteiger partial charge on any atom is -0.330 e. The standard InChI is InChI=1S/C12H24N2O2S/c1-10-4-5-14(8-11(10)7-13)12-3-2-6-17(15,16)9-12/h10-12H,2-9,13H2,1H3. The van der Waals surface area contributed by atoms with Crippen LogP contribution < -0.4 is 5.73 Å². The minimum absolute atomic E-state index is 0.246. The fourth-order valence-corrected chi connectivity index (χ4v) is 4.84. The molecule has 3 unspecified atom stereocenters. The van der Waals surface area contributed by atoms with E-state index in [-0.39, 0.29) is 6.04 Å². The van der Waals surface area contributed by atoms with Crippen molar-refractivity contribution in [2.75, 3.05) is 31.1 Å². The summed E-state index contributed by atoms with van der Waals surface area (Å²) in [5.74, 6) is 1.96. The van der Waals surface area contributed by atoms with E-state index in [1.807, 2.05) is 0 Å². The Bertz CT molecular complexity index is 356. The highest BCUT2D eigenvalue weighted by Crippen LogP contribution is 2.27. The molecule has 2 N–H and O–H groups in total. The molecule has 2 rings (SSSR count). The van der Waals surface area contributed by atoms with Gasteiger partial charge in [0.1, 0.15) is 0 Å². The first kappa shape index (κ1) is 13.3. The van der Waals surface area contributed by atoms with E-state index >= 15 is 0 Å². The third kappa shape index (κ3) is 3.20.